The van der Waals surface area contributed by atoms with E-state index in [1.807, 2.05) is 0 Å². The molecule has 3 N–H and O–H groups in total. The van der Waals surface area contributed by atoms with Gasteiger partial charge in [-0.25, -0.2) is 8.42 Å². The summed E-state index contributed by atoms with van der Waals surface area (Å²) >= 11 is 6.09. The molecule has 0 saturated heterocycles. The third-order valence-electron chi connectivity index (χ3n) is 3.54. The second-order valence-corrected chi connectivity index (χ2v) is 8.72. The molecule has 0 heterocycles. The predicted molar refractivity (Wildman–Crippen MR) is 103 cm³/mol. The van der Waals surface area contributed by atoms with Crippen LogP contribution in [0.15, 0.2) is 52.3 Å². The van der Waals surface area contributed by atoms with Crippen LogP contribution in [0.4, 0.5) is 11.4 Å². The van der Waals surface area contributed by atoms with Crippen LogP contribution in [0, 0.1) is 0 Å². The van der Waals surface area contributed by atoms with Gasteiger partial charge in [0.25, 0.3) is 5.91 Å². The summed E-state index contributed by atoms with van der Waals surface area (Å²) in [5, 5.41) is 14.7. The maximum atomic E-state index is 12.7. The van der Waals surface area contributed by atoms with Crippen LogP contribution in [0.25, 0.3) is 0 Å². The number of nitrogens with one attached hydrogen (secondary N) is 2. The highest BCUT2D eigenvalue weighted by Crippen LogP contribution is 2.29. The fourth-order valence-corrected chi connectivity index (χ4v) is 3.68. The molecule has 0 aliphatic heterocycles. The number of aliphatic hydroxyl groups is 1. The number of anilines is 2. The molecule has 2 aromatic rings. The number of benzene rings is 2. The molecule has 0 aliphatic rings. The van der Waals surface area contributed by atoms with Crippen molar-refractivity contribution < 1.29 is 23.1 Å². The van der Waals surface area contributed by atoms with Gasteiger partial charge in [0.2, 0.25) is 15.7 Å². The van der Waals surface area contributed by atoms with E-state index < -0.39 is 21.3 Å². The van der Waals surface area contributed by atoms with Crippen molar-refractivity contribution in [1.82, 2.24) is 0 Å². The lowest BCUT2D eigenvalue weighted by molar-refractivity contribution is -0.130. The van der Waals surface area contributed by atoms with E-state index >= 15 is 0 Å². The molecule has 0 radical (unpaired) electrons. The Kier molecular flexibility index (Phi) is 5.94. The van der Waals surface area contributed by atoms with Gasteiger partial charge in [-0.15, -0.1) is 0 Å². The minimum atomic E-state index is -3.84. The topological polar surface area (TPSA) is 113 Å². The highest BCUT2D eigenvalue weighted by molar-refractivity contribution is 7.91. The van der Waals surface area contributed by atoms with Crippen LogP contribution >= 0.6 is 11.6 Å². The van der Waals surface area contributed by atoms with E-state index in [4.69, 9.17) is 11.6 Å². The average molecular weight is 411 g/mol. The van der Waals surface area contributed by atoms with Gasteiger partial charge in [-0.3, -0.25) is 9.59 Å². The maximum Gasteiger partial charge on any atom is 0.255 e. The zero-order valence-corrected chi connectivity index (χ0v) is 16.5. The monoisotopic (exact) mass is 410 g/mol. The van der Waals surface area contributed by atoms with Crippen LogP contribution in [0.1, 0.15) is 20.8 Å². The zero-order chi connectivity index (χ0) is 20.4. The maximum absolute atomic E-state index is 12.7. The number of carbonyl (C=O) groups is 2. The van der Waals surface area contributed by atoms with Crippen molar-refractivity contribution in [2.75, 3.05) is 10.6 Å². The first-order valence-corrected chi connectivity index (χ1v) is 9.73. The lowest BCUT2D eigenvalue weighted by Gasteiger charge is -2.17. The van der Waals surface area contributed by atoms with Gasteiger partial charge in [0.1, 0.15) is 5.60 Å². The Hall–Kier alpha value is -2.42. The minimum Gasteiger partial charge on any atom is -0.381 e. The molecule has 144 valence electrons. The summed E-state index contributed by atoms with van der Waals surface area (Å²) in [6.07, 6.45) is 0. The smallest absolute Gasteiger partial charge is 0.255 e. The summed E-state index contributed by atoms with van der Waals surface area (Å²) in [7, 11) is -3.84. The molecule has 2 aromatic carbocycles. The van der Waals surface area contributed by atoms with Crippen molar-refractivity contribution in [3.8, 4) is 0 Å². The molecule has 2 amide bonds. The van der Waals surface area contributed by atoms with Gasteiger partial charge >= 0.3 is 0 Å². The number of hydrogen-bond acceptors (Lipinski definition) is 5. The van der Waals surface area contributed by atoms with Gasteiger partial charge in [-0.1, -0.05) is 11.6 Å². The molecule has 0 bridgehead atoms. The van der Waals surface area contributed by atoms with E-state index in [9.17, 15) is 23.1 Å². The Bertz CT molecular complexity index is 980. The molecular weight excluding hydrogens is 392 g/mol. The number of rotatable bonds is 5. The molecule has 0 aromatic heterocycles. The third kappa shape index (κ3) is 5.06. The van der Waals surface area contributed by atoms with Crippen molar-refractivity contribution in [3.05, 3.63) is 47.5 Å². The molecule has 27 heavy (non-hydrogen) atoms. The largest absolute Gasteiger partial charge is 0.381 e. The summed E-state index contributed by atoms with van der Waals surface area (Å²) in [4.78, 5) is 22.8. The Balaban J connectivity index is 2.30. The van der Waals surface area contributed by atoms with Gasteiger partial charge in [0.15, 0.2) is 0 Å². The Labute approximate surface area is 162 Å². The predicted octanol–water partition coefficient (Wildman–Crippen LogP) is 2.84. The van der Waals surface area contributed by atoms with Crippen molar-refractivity contribution >= 4 is 44.6 Å². The van der Waals surface area contributed by atoms with Crippen molar-refractivity contribution in [2.45, 2.75) is 36.2 Å². The van der Waals surface area contributed by atoms with E-state index in [1.54, 1.807) is 0 Å². The molecule has 0 aliphatic carbocycles. The van der Waals surface area contributed by atoms with Gasteiger partial charge in [-0.05, 0) is 56.3 Å². The molecule has 0 unspecified atom stereocenters. The number of halogens is 1. The number of amides is 2. The van der Waals surface area contributed by atoms with Gasteiger partial charge < -0.3 is 15.7 Å². The van der Waals surface area contributed by atoms with Crippen LogP contribution in [0.3, 0.4) is 0 Å². The first-order chi connectivity index (χ1) is 12.4. The van der Waals surface area contributed by atoms with E-state index in [1.165, 1.54) is 63.2 Å². The highest BCUT2D eigenvalue weighted by atomic mass is 35.5. The fourth-order valence-electron chi connectivity index (χ4n) is 2.10. The van der Waals surface area contributed by atoms with E-state index in [2.05, 4.69) is 10.6 Å². The first kappa shape index (κ1) is 20.9. The molecular formula is C18H19ClN2O5S. The van der Waals surface area contributed by atoms with Gasteiger partial charge in [0.05, 0.1) is 20.5 Å². The minimum absolute atomic E-state index is 0.0172. The fraction of sp³-hybridized carbons (Fsp3) is 0.222. The standard InChI is InChI=1S/C18H19ClN2O5S/c1-11(22)20-12-4-6-13(7-5-12)27(25,26)14-8-9-16(15(19)10-14)21-17(23)18(2,3)24/h4-10,24H,1-3H3,(H,20,22)(H,21,23). The molecule has 0 fully saturated rings. The normalized spacial score (nSPS) is 11.7. The Morgan fingerprint density at radius 2 is 1.56 bits per heavy atom. The first-order valence-electron chi connectivity index (χ1n) is 7.87. The Morgan fingerprint density at radius 1 is 1.00 bits per heavy atom. The summed E-state index contributed by atoms with van der Waals surface area (Å²) < 4.78 is 25.5. The lowest BCUT2D eigenvalue weighted by atomic mass is 10.1. The van der Waals surface area contributed by atoms with Crippen LogP contribution in [0.2, 0.25) is 5.02 Å². The second-order valence-electron chi connectivity index (χ2n) is 6.36. The molecule has 2 rings (SSSR count). The molecule has 0 spiro atoms. The number of carbonyl (C=O) groups excluding carboxylic acids is 2. The highest BCUT2D eigenvalue weighted by Gasteiger charge is 2.25. The van der Waals surface area contributed by atoms with E-state index in [-0.39, 0.29) is 26.4 Å². The molecule has 9 heteroatoms. The second kappa shape index (κ2) is 7.67. The third-order valence-corrected chi connectivity index (χ3v) is 5.62. The number of sulfone groups is 1. The molecule has 0 saturated carbocycles. The lowest BCUT2D eigenvalue weighted by Crippen LogP contribution is -2.36. The quantitative estimate of drug-likeness (QED) is 0.701. The molecule has 7 nitrogen and oxygen atoms in total. The summed E-state index contributed by atoms with van der Waals surface area (Å²) in [5.74, 6) is -0.936. The van der Waals surface area contributed by atoms with Crippen molar-refractivity contribution in [2.24, 2.45) is 0 Å². The Morgan fingerprint density at radius 3 is 2.04 bits per heavy atom. The van der Waals surface area contributed by atoms with Crippen LogP contribution in [-0.2, 0) is 19.4 Å². The SMILES string of the molecule is CC(=O)Nc1ccc(S(=O)(=O)c2ccc(NC(=O)C(C)(C)O)c(Cl)c2)cc1. The van der Waals surface area contributed by atoms with Crippen LogP contribution in [0.5, 0.6) is 0 Å². The summed E-state index contributed by atoms with van der Waals surface area (Å²) in [6.45, 7) is 3.99. The van der Waals surface area contributed by atoms with Crippen LogP contribution in [-0.4, -0.2) is 30.9 Å². The van der Waals surface area contributed by atoms with Crippen molar-refractivity contribution in [1.29, 1.82) is 0 Å². The average Bonchev–Trinajstić information content (AvgIpc) is 2.55. The van der Waals surface area contributed by atoms with Crippen molar-refractivity contribution in [3.63, 3.8) is 0 Å². The molecule has 0 atom stereocenters. The summed E-state index contributed by atoms with van der Waals surface area (Å²) in [6, 6.07) is 9.59. The zero-order valence-electron chi connectivity index (χ0n) is 14.9. The van der Waals surface area contributed by atoms with E-state index in [0.29, 0.717) is 5.69 Å². The van der Waals surface area contributed by atoms with Gasteiger partial charge in [-0.2, -0.15) is 0 Å². The van der Waals surface area contributed by atoms with Gasteiger partial charge in [0, 0.05) is 12.6 Å². The summed E-state index contributed by atoms with van der Waals surface area (Å²) in [5.41, 5.74) is -0.947. The van der Waals surface area contributed by atoms with E-state index in [0.717, 1.165) is 0 Å². The number of hydrogen-bond donors (Lipinski definition) is 3. The van der Waals surface area contributed by atoms with Crippen LogP contribution < -0.4 is 10.6 Å².